The Balaban J connectivity index is 2.87. The van der Waals surface area contributed by atoms with Gasteiger partial charge >= 0.3 is 0 Å². The van der Waals surface area contributed by atoms with Crippen molar-refractivity contribution in [1.29, 1.82) is 0 Å². The van der Waals surface area contributed by atoms with E-state index in [1.807, 2.05) is 6.92 Å². The molecule has 52 valence electrons. The van der Waals surface area contributed by atoms with E-state index in [9.17, 15) is 0 Å². The maximum absolute atomic E-state index is 5.14. The summed E-state index contributed by atoms with van der Waals surface area (Å²) in [4.78, 5) is 3.96. The quantitative estimate of drug-likeness (QED) is 0.543. The summed E-state index contributed by atoms with van der Waals surface area (Å²) in [5.41, 5.74) is 0. The minimum absolute atomic E-state index is 0.0822. The standard InChI is InChI=1S/C7H8N2O/c1-4-5(2)7-8-6(3)9-10-7/h1,5H,2-3H3/t5-/m1/s1. The van der Waals surface area contributed by atoms with E-state index < -0.39 is 0 Å². The monoisotopic (exact) mass is 136 g/mol. The van der Waals surface area contributed by atoms with Gasteiger partial charge in [0.15, 0.2) is 5.82 Å². The Labute approximate surface area is 59.4 Å². The first-order valence-corrected chi connectivity index (χ1v) is 3.00. The Morgan fingerprint density at radius 3 is 2.80 bits per heavy atom. The summed E-state index contributed by atoms with van der Waals surface area (Å²) in [6.07, 6.45) is 5.14. The van der Waals surface area contributed by atoms with Crippen LogP contribution >= 0.6 is 0 Å². The summed E-state index contributed by atoms with van der Waals surface area (Å²) in [6.45, 7) is 3.60. The lowest BCUT2D eigenvalue weighted by Gasteiger charge is -1.91. The second-order valence-electron chi connectivity index (χ2n) is 2.07. The molecule has 1 aromatic rings. The second kappa shape index (κ2) is 2.53. The fourth-order valence-corrected chi connectivity index (χ4v) is 0.560. The molecule has 1 aromatic heterocycles. The van der Waals surface area contributed by atoms with Crippen molar-refractivity contribution in [2.24, 2.45) is 0 Å². The van der Waals surface area contributed by atoms with Crippen molar-refractivity contribution in [3.05, 3.63) is 11.7 Å². The molecule has 0 spiro atoms. The third kappa shape index (κ3) is 1.16. The largest absolute Gasteiger partial charge is 0.338 e. The maximum Gasteiger partial charge on any atom is 0.241 e. The van der Waals surface area contributed by atoms with Crippen molar-refractivity contribution in [2.45, 2.75) is 19.8 Å². The molecule has 3 nitrogen and oxygen atoms in total. The molecule has 1 heterocycles. The van der Waals surface area contributed by atoms with E-state index in [0.29, 0.717) is 11.7 Å². The molecule has 0 aliphatic carbocycles. The molecule has 10 heavy (non-hydrogen) atoms. The molecule has 0 N–H and O–H groups in total. The summed E-state index contributed by atoms with van der Waals surface area (Å²) >= 11 is 0. The van der Waals surface area contributed by atoms with Gasteiger partial charge in [0.2, 0.25) is 5.89 Å². The van der Waals surface area contributed by atoms with Gasteiger partial charge in [0.25, 0.3) is 0 Å². The Morgan fingerprint density at radius 1 is 1.70 bits per heavy atom. The van der Waals surface area contributed by atoms with Crippen molar-refractivity contribution in [3.8, 4) is 12.3 Å². The van der Waals surface area contributed by atoms with E-state index in [-0.39, 0.29) is 5.92 Å². The third-order valence-corrected chi connectivity index (χ3v) is 1.16. The van der Waals surface area contributed by atoms with Crippen LogP contribution in [0.4, 0.5) is 0 Å². The lowest BCUT2D eigenvalue weighted by Crippen LogP contribution is -1.88. The molecular formula is C7H8N2O. The Morgan fingerprint density at radius 2 is 2.40 bits per heavy atom. The second-order valence-corrected chi connectivity index (χ2v) is 2.07. The number of aromatic nitrogens is 2. The number of rotatable bonds is 1. The first-order chi connectivity index (χ1) is 4.74. The fraction of sp³-hybridized carbons (Fsp3) is 0.429. The third-order valence-electron chi connectivity index (χ3n) is 1.16. The fourth-order valence-electron chi connectivity index (χ4n) is 0.560. The van der Waals surface area contributed by atoms with Crippen molar-refractivity contribution in [1.82, 2.24) is 10.1 Å². The molecule has 0 fully saturated rings. The lowest BCUT2D eigenvalue weighted by atomic mass is 10.2. The Hall–Kier alpha value is -1.30. The average Bonchev–Trinajstić information content (AvgIpc) is 2.34. The van der Waals surface area contributed by atoms with Crippen LogP contribution in [0.15, 0.2) is 4.52 Å². The zero-order valence-electron chi connectivity index (χ0n) is 5.96. The van der Waals surface area contributed by atoms with E-state index >= 15 is 0 Å². The lowest BCUT2D eigenvalue weighted by molar-refractivity contribution is 0.371. The van der Waals surface area contributed by atoms with Gasteiger partial charge in [-0.25, -0.2) is 0 Å². The van der Waals surface area contributed by atoms with E-state index in [2.05, 4.69) is 16.1 Å². The van der Waals surface area contributed by atoms with Crippen molar-refractivity contribution >= 4 is 0 Å². The number of aryl methyl sites for hydroxylation is 1. The van der Waals surface area contributed by atoms with Gasteiger partial charge in [-0.2, -0.15) is 4.98 Å². The van der Waals surface area contributed by atoms with Crippen LogP contribution in [0.25, 0.3) is 0 Å². The van der Waals surface area contributed by atoms with Gasteiger partial charge in [0.1, 0.15) is 0 Å². The van der Waals surface area contributed by atoms with Gasteiger partial charge in [-0.05, 0) is 13.8 Å². The van der Waals surface area contributed by atoms with Gasteiger partial charge < -0.3 is 4.52 Å². The van der Waals surface area contributed by atoms with Crippen molar-refractivity contribution in [2.75, 3.05) is 0 Å². The molecule has 0 aromatic carbocycles. The smallest absolute Gasteiger partial charge is 0.241 e. The first kappa shape index (κ1) is 6.81. The highest BCUT2D eigenvalue weighted by Gasteiger charge is 2.08. The van der Waals surface area contributed by atoms with E-state index in [1.165, 1.54) is 0 Å². The minimum Gasteiger partial charge on any atom is -0.338 e. The van der Waals surface area contributed by atoms with Gasteiger partial charge in [-0.15, -0.1) is 6.42 Å². The summed E-state index contributed by atoms with van der Waals surface area (Å²) in [7, 11) is 0. The SMILES string of the molecule is C#C[C@@H](C)c1nc(C)no1. The van der Waals surface area contributed by atoms with Gasteiger partial charge in [0.05, 0.1) is 5.92 Å². The van der Waals surface area contributed by atoms with Crippen LogP contribution in [-0.2, 0) is 0 Å². The van der Waals surface area contributed by atoms with Crippen LogP contribution in [0.3, 0.4) is 0 Å². The average molecular weight is 136 g/mol. The summed E-state index contributed by atoms with van der Waals surface area (Å²) in [5, 5.41) is 3.60. The minimum atomic E-state index is -0.0822. The van der Waals surface area contributed by atoms with E-state index in [1.54, 1.807) is 6.92 Å². The molecule has 0 unspecified atom stereocenters. The van der Waals surface area contributed by atoms with E-state index in [0.717, 1.165) is 0 Å². The molecule has 0 radical (unpaired) electrons. The summed E-state index contributed by atoms with van der Waals surface area (Å²) in [5.74, 6) is 3.55. The molecule has 1 rings (SSSR count). The molecule has 0 saturated carbocycles. The molecule has 0 amide bonds. The van der Waals surface area contributed by atoms with Crippen molar-refractivity contribution < 1.29 is 4.52 Å². The van der Waals surface area contributed by atoms with Gasteiger partial charge in [0, 0.05) is 0 Å². The highest BCUT2D eigenvalue weighted by molar-refractivity contribution is 5.07. The van der Waals surface area contributed by atoms with Gasteiger partial charge in [-0.3, -0.25) is 0 Å². The van der Waals surface area contributed by atoms with Gasteiger partial charge in [-0.1, -0.05) is 11.1 Å². The number of nitrogens with zero attached hydrogens (tertiary/aromatic N) is 2. The highest BCUT2D eigenvalue weighted by atomic mass is 16.5. The number of hydrogen-bond acceptors (Lipinski definition) is 3. The Kier molecular flexibility index (Phi) is 1.72. The number of terminal acetylenes is 1. The molecule has 0 bridgehead atoms. The van der Waals surface area contributed by atoms with Crippen LogP contribution in [0.2, 0.25) is 0 Å². The molecule has 0 aliphatic rings. The van der Waals surface area contributed by atoms with Crippen LogP contribution in [0.1, 0.15) is 24.6 Å². The summed E-state index contributed by atoms with van der Waals surface area (Å²) < 4.78 is 4.81. The topological polar surface area (TPSA) is 38.9 Å². The predicted octanol–water partition coefficient (Wildman–Crippen LogP) is 1.11. The zero-order chi connectivity index (χ0) is 7.56. The normalized spacial score (nSPS) is 12.5. The predicted molar refractivity (Wildman–Crippen MR) is 36.3 cm³/mol. The van der Waals surface area contributed by atoms with Crippen LogP contribution < -0.4 is 0 Å². The molecule has 1 atom stereocenters. The van der Waals surface area contributed by atoms with E-state index in [4.69, 9.17) is 10.9 Å². The van der Waals surface area contributed by atoms with Crippen molar-refractivity contribution in [3.63, 3.8) is 0 Å². The number of hydrogen-bond donors (Lipinski definition) is 0. The Bertz CT molecular complexity index is 259. The molecule has 0 aliphatic heterocycles. The first-order valence-electron chi connectivity index (χ1n) is 3.00. The molecule has 0 saturated heterocycles. The maximum atomic E-state index is 5.14. The zero-order valence-corrected chi connectivity index (χ0v) is 5.96. The van der Waals surface area contributed by atoms with Crippen LogP contribution in [0, 0.1) is 19.3 Å². The summed E-state index contributed by atoms with van der Waals surface area (Å²) in [6, 6.07) is 0. The molecular weight excluding hydrogens is 128 g/mol. The van der Waals surface area contributed by atoms with Crippen LogP contribution in [-0.4, -0.2) is 10.1 Å². The molecule has 3 heteroatoms. The highest BCUT2D eigenvalue weighted by Crippen LogP contribution is 2.09. The van der Waals surface area contributed by atoms with Crippen LogP contribution in [0.5, 0.6) is 0 Å².